The highest BCUT2D eigenvalue weighted by molar-refractivity contribution is 5.40. The van der Waals surface area contributed by atoms with Crippen LogP contribution in [0.5, 0.6) is 0 Å². The minimum absolute atomic E-state index is 0.423. The summed E-state index contributed by atoms with van der Waals surface area (Å²) in [6.07, 6.45) is 7.36. The number of benzene rings is 1. The van der Waals surface area contributed by atoms with Crippen LogP contribution in [0.1, 0.15) is 47.6 Å². The Kier molecular flexibility index (Phi) is 3.83. The second kappa shape index (κ2) is 5.76. The lowest BCUT2D eigenvalue weighted by Crippen LogP contribution is -2.25. The van der Waals surface area contributed by atoms with E-state index in [1.807, 2.05) is 12.4 Å². The van der Waals surface area contributed by atoms with E-state index in [0.717, 1.165) is 6.42 Å². The summed E-state index contributed by atoms with van der Waals surface area (Å²) in [5.74, 6) is 0.696. The van der Waals surface area contributed by atoms with Gasteiger partial charge in [0.15, 0.2) is 0 Å². The van der Waals surface area contributed by atoms with Crippen LogP contribution in [0.4, 0.5) is 0 Å². The Morgan fingerprint density at radius 1 is 1.30 bits per heavy atom. The summed E-state index contributed by atoms with van der Waals surface area (Å²) in [4.78, 5) is 4.25. The minimum Gasteiger partial charge on any atom is -0.313 e. The Bertz CT molecular complexity index is 591. The van der Waals surface area contributed by atoms with Crippen LogP contribution in [0, 0.1) is 0 Å². The molecule has 104 valence electrons. The van der Waals surface area contributed by atoms with Crippen molar-refractivity contribution in [2.45, 2.75) is 38.1 Å². The van der Waals surface area contributed by atoms with Crippen molar-refractivity contribution >= 4 is 0 Å². The Morgan fingerprint density at radius 2 is 2.15 bits per heavy atom. The SMILES string of the molecule is CCc1cnccc1C(CC1Cc2ccccc21)NC. The van der Waals surface area contributed by atoms with Crippen molar-refractivity contribution in [3.05, 3.63) is 65.0 Å². The van der Waals surface area contributed by atoms with E-state index in [1.54, 1.807) is 5.56 Å². The van der Waals surface area contributed by atoms with E-state index < -0.39 is 0 Å². The van der Waals surface area contributed by atoms with Gasteiger partial charge in [-0.25, -0.2) is 0 Å². The number of pyridine rings is 1. The zero-order valence-electron chi connectivity index (χ0n) is 12.3. The molecule has 1 aromatic heterocycles. The molecule has 2 unspecified atom stereocenters. The average molecular weight is 266 g/mol. The highest BCUT2D eigenvalue weighted by atomic mass is 14.9. The van der Waals surface area contributed by atoms with Gasteiger partial charge >= 0.3 is 0 Å². The van der Waals surface area contributed by atoms with Crippen molar-refractivity contribution in [2.75, 3.05) is 7.05 Å². The van der Waals surface area contributed by atoms with Gasteiger partial charge < -0.3 is 5.32 Å². The molecule has 2 aromatic rings. The number of fused-ring (bicyclic) bond motifs is 1. The molecule has 0 amide bonds. The molecule has 2 heteroatoms. The molecule has 1 aliphatic rings. The Labute approximate surface area is 121 Å². The monoisotopic (exact) mass is 266 g/mol. The molecule has 1 aromatic carbocycles. The van der Waals surface area contributed by atoms with Crippen molar-refractivity contribution in [1.82, 2.24) is 10.3 Å². The molecular weight excluding hydrogens is 244 g/mol. The smallest absolute Gasteiger partial charge is 0.0327 e. The zero-order chi connectivity index (χ0) is 13.9. The highest BCUT2D eigenvalue weighted by Crippen LogP contribution is 2.40. The first-order valence-electron chi connectivity index (χ1n) is 7.51. The lowest BCUT2D eigenvalue weighted by molar-refractivity contribution is 0.450. The predicted molar refractivity (Wildman–Crippen MR) is 82.9 cm³/mol. The number of hydrogen-bond acceptors (Lipinski definition) is 2. The first-order chi connectivity index (χ1) is 9.83. The van der Waals surface area contributed by atoms with Gasteiger partial charge in [0.2, 0.25) is 0 Å². The number of nitrogens with zero attached hydrogens (tertiary/aromatic N) is 1. The maximum atomic E-state index is 4.25. The fourth-order valence-corrected chi connectivity index (χ4v) is 3.33. The quantitative estimate of drug-likeness (QED) is 0.894. The van der Waals surface area contributed by atoms with Crippen LogP contribution in [0.25, 0.3) is 0 Å². The van der Waals surface area contributed by atoms with E-state index in [0.29, 0.717) is 12.0 Å². The van der Waals surface area contributed by atoms with Crippen LogP contribution < -0.4 is 5.32 Å². The highest BCUT2D eigenvalue weighted by Gasteiger charge is 2.28. The second-order valence-electron chi connectivity index (χ2n) is 5.60. The summed E-state index contributed by atoms with van der Waals surface area (Å²) < 4.78 is 0. The van der Waals surface area contributed by atoms with Gasteiger partial charge in [0.05, 0.1) is 0 Å². The number of hydrogen-bond donors (Lipinski definition) is 1. The summed E-state index contributed by atoms with van der Waals surface area (Å²) in [5.41, 5.74) is 5.84. The third kappa shape index (κ3) is 2.36. The maximum Gasteiger partial charge on any atom is 0.0327 e. The fourth-order valence-electron chi connectivity index (χ4n) is 3.33. The number of nitrogens with one attached hydrogen (secondary N) is 1. The topological polar surface area (TPSA) is 24.9 Å². The van der Waals surface area contributed by atoms with E-state index in [1.165, 1.54) is 29.5 Å². The van der Waals surface area contributed by atoms with Gasteiger partial charge in [-0.3, -0.25) is 4.98 Å². The van der Waals surface area contributed by atoms with Gasteiger partial charge in [-0.2, -0.15) is 0 Å². The first kappa shape index (κ1) is 13.3. The molecule has 1 aliphatic carbocycles. The summed E-state index contributed by atoms with van der Waals surface area (Å²) in [7, 11) is 2.06. The largest absolute Gasteiger partial charge is 0.313 e. The Hall–Kier alpha value is -1.67. The number of aromatic nitrogens is 1. The fraction of sp³-hybridized carbons (Fsp3) is 0.389. The van der Waals surface area contributed by atoms with Gasteiger partial charge in [0, 0.05) is 18.4 Å². The summed E-state index contributed by atoms with van der Waals surface area (Å²) >= 11 is 0. The number of rotatable bonds is 5. The van der Waals surface area contributed by atoms with Crippen LogP contribution in [-0.2, 0) is 12.8 Å². The van der Waals surface area contributed by atoms with Crippen LogP contribution in [0.3, 0.4) is 0 Å². The molecule has 0 aliphatic heterocycles. The molecule has 2 nitrogen and oxygen atoms in total. The maximum absolute atomic E-state index is 4.25. The molecule has 2 atom stereocenters. The van der Waals surface area contributed by atoms with Crippen molar-refractivity contribution in [2.24, 2.45) is 0 Å². The van der Waals surface area contributed by atoms with E-state index >= 15 is 0 Å². The molecule has 3 rings (SSSR count). The van der Waals surface area contributed by atoms with Crippen LogP contribution >= 0.6 is 0 Å². The van der Waals surface area contributed by atoms with Crippen molar-refractivity contribution in [1.29, 1.82) is 0 Å². The van der Waals surface area contributed by atoms with E-state index in [4.69, 9.17) is 0 Å². The lowest BCUT2D eigenvalue weighted by atomic mass is 9.73. The molecule has 0 saturated carbocycles. The molecule has 20 heavy (non-hydrogen) atoms. The van der Waals surface area contributed by atoms with Crippen molar-refractivity contribution in [3.8, 4) is 0 Å². The van der Waals surface area contributed by atoms with Gasteiger partial charge in [0.25, 0.3) is 0 Å². The molecule has 0 radical (unpaired) electrons. The minimum atomic E-state index is 0.423. The molecule has 1 heterocycles. The normalized spacial score (nSPS) is 18.2. The summed E-state index contributed by atoms with van der Waals surface area (Å²) in [6, 6.07) is 11.4. The number of aryl methyl sites for hydroxylation is 1. The van der Waals surface area contributed by atoms with E-state index in [2.05, 4.69) is 54.6 Å². The van der Waals surface area contributed by atoms with Gasteiger partial charge in [-0.15, -0.1) is 0 Å². The van der Waals surface area contributed by atoms with Gasteiger partial charge in [-0.05, 0) is 60.5 Å². The molecule has 0 spiro atoms. The second-order valence-corrected chi connectivity index (χ2v) is 5.60. The van der Waals surface area contributed by atoms with Crippen LogP contribution in [0.2, 0.25) is 0 Å². The molecule has 0 bridgehead atoms. The average Bonchev–Trinajstić information content (AvgIpc) is 2.49. The van der Waals surface area contributed by atoms with E-state index in [9.17, 15) is 0 Å². The van der Waals surface area contributed by atoms with Crippen LogP contribution in [0.15, 0.2) is 42.7 Å². The summed E-state index contributed by atoms with van der Waals surface area (Å²) in [6.45, 7) is 2.20. The first-order valence-corrected chi connectivity index (χ1v) is 7.51. The Balaban J connectivity index is 1.79. The van der Waals surface area contributed by atoms with Gasteiger partial charge in [-0.1, -0.05) is 31.2 Å². The molecule has 1 N–H and O–H groups in total. The third-order valence-corrected chi connectivity index (χ3v) is 4.53. The van der Waals surface area contributed by atoms with Crippen LogP contribution in [-0.4, -0.2) is 12.0 Å². The van der Waals surface area contributed by atoms with Crippen molar-refractivity contribution in [3.63, 3.8) is 0 Å². The third-order valence-electron chi connectivity index (χ3n) is 4.53. The zero-order valence-corrected chi connectivity index (χ0v) is 12.3. The molecular formula is C18H22N2. The van der Waals surface area contributed by atoms with Crippen molar-refractivity contribution < 1.29 is 0 Å². The predicted octanol–water partition coefficient (Wildman–Crippen LogP) is 3.63. The van der Waals surface area contributed by atoms with Gasteiger partial charge in [0.1, 0.15) is 0 Å². The van der Waals surface area contributed by atoms with E-state index in [-0.39, 0.29) is 0 Å². The molecule has 0 saturated heterocycles. The Morgan fingerprint density at radius 3 is 2.90 bits per heavy atom. The standard InChI is InChI=1S/C18H22N2/c1-3-13-12-20-9-8-17(13)18(19-2)11-15-10-14-6-4-5-7-16(14)15/h4-9,12,15,18-19H,3,10-11H2,1-2H3. The lowest BCUT2D eigenvalue weighted by Gasteiger charge is -2.33. The molecule has 0 fully saturated rings. The summed E-state index contributed by atoms with van der Waals surface area (Å²) in [5, 5.41) is 3.50.